The zero-order valence-corrected chi connectivity index (χ0v) is 12.7. The van der Waals surface area contributed by atoms with E-state index in [-0.39, 0.29) is 18.5 Å². The van der Waals surface area contributed by atoms with Gasteiger partial charge >= 0.3 is 0 Å². The van der Waals surface area contributed by atoms with Gasteiger partial charge in [0.15, 0.2) is 0 Å². The lowest BCUT2D eigenvalue weighted by atomic mass is 10.0. The summed E-state index contributed by atoms with van der Waals surface area (Å²) in [7, 11) is 0. The van der Waals surface area contributed by atoms with Crippen LogP contribution in [0, 0.1) is 5.82 Å². The molecule has 112 valence electrons. The smallest absolute Gasteiger partial charge is 0.128 e. The third-order valence-electron chi connectivity index (χ3n) is 3.51. The average molecular weight is 308 g/mol. The molecule has 1 atom stereocenters. The van der Waals surface area contributed by atoms with E-state index >= 15 is 0 Å². The molecular formula is C17H19ClFNO. The van der Waals surface area contributed by atoms with E-state index in [0.29, 0.717) is 12.1 Å². The van der Waals surface area contributed by atoms with Crippen LogP contribution in [0.4, 0.5) is 4.39 Å². The minimum Gasteiger partial charge on any atom is -0.392 e. The van der Waals surface area contributed by atoms with Gasteiger partial charge in [0.05, 0.1) is 6.61 Å². The molecule has 2 nitrogen and oxygen atoms in total. The second-order valence-corrected chi connectivity index (χ2v) is 5.41. The van der Waals surface area contributed by atoms with E-state index in [0.717, 1.165) is 17.0 Å². The molecule has 0 heterocycles. The van der Waals surface area contributed by atoms with Gasteiger partial charge in [0.1, 0.15) is 5.82 Å². The lowest BCUT2D eigenvalue weighted by molar-refractivity contribution is 0.275. The molecule has 21 heavy (non-hydrogen) atoms. The van der Waals surface area contributed by atoms with Crippen LogP contribution in [0.2, 0.25) is 5.02 Å². The van der Waals surface area contributed by atoms with Crippen molar-refractivity contribution in [1.29, 1.82) is 0 Å². The highest BCUT2D eigenvalue weighted by atomic mass is 35.5. The number of aliphatic hydroxyl groups is 1. The van der Waals surface area contributed by atoms with E-state index < -0.39 is 0 Å². The van der Waals surface area contributed by atoms with Crippen LogP contribution in [0.3, 0.4) is 0 Å². The largest absolute Gasteiger partial charge is 0.392 e. The van der Waals surface area contributed by atoms with E-state index in [1.165, 1.54) is 11.6 Å². The highest BCUT2D eigenvalue weighted by molar-refractivity contribution is 6.30. The first-order valence-corrected chi connectivity index (χ1v) is 7.38. The minimum absolute atomic E-state index is 0.213. The van der Waals surface area contributed by atoms with E-state index in [4.69, 9.17) is 16.7 Å². The van der Waals surface area contributed by atoms with Crippen LogP contribution >= 0.6 is 11.6 Å². The molecule has 0 saturated heterocycles. The van der Waals surface area contributed by atoms with Crippen LogP contribution in [-0.4, -0.2) is 5.11 Å². The van der Waals surface area contributed by atoms with E-state index in [1.807, 2.05) is 24.3 Å². The van der Waals surface area contributed by atoms with E-state index in [1.54, 1.807) is 12.1 Å². The zero-order valence-electron chi connectivity index (χ0n) is 11.9. The summed E-state index contributed by atoms with van der Waals surface area (Å²) in [6, 6.07) is 12.8. The van der Waals surface area contributed by atoms with Gasteiger partial charge in [0, 0.05) is 23.2 Å². The van der Waals surface area contributed by atoms with E-state index in [2.05, 4.69) is 12.2 Å². The lowest BCUT2D eigenvalue weighted by Crippen LogP contribution is -2.20. The van der Waals surface area contributed by atoms with Crippen molar-refractivity contribution in [3.05, 3.63) is 70.0 Å². The standard InChI is InChI=1S/C17H19ClFNO/c1-2-17(13-4-6-15(18)7-5-13)20-10-12-3-8-16(19)14(9-12)11-21/h3-9,17,20-21H,2,10-11H2,1H3. The first-order valence-electron chi connectivity index (χ1n) is 7.01. The van der Waals surface area contributed by atoms with Crippen molar-refractivity contribution in [2.24, 2.45) is 0 Å². The Labute approximate surface area is 129 Å². The van der Waals surface area contributed by atoms with Gasteiger partial charge in [-0.3, -0.25) is 0 Å². The molecule has 0 spiro atoms. The van der Waals surface area contributed by atoms with Crippen LogP contribution in [0.15, 0.2) is 42.5 Å². The summed E-state index contributed by atoms with van der Waals surface area (Å²) in [4.78, 5) is 0. The third-order valence-corrected chi connectivity index (χ3v) is 3.77. The molecule has 1 unspecified atom stereocenters. The molecule has 0 radical (unpaired) electrons. The van der Waals surface area contributed by atoms with Crippen LogP contribution in [0.5, 0.6) is 0 Å². The van der Waals surface area contributed by atoms with Crippen molar-refractivity contribution in [2.75, 3.05) is 0 Å². The van der Waals surface area contributed by atoms with Gasteiger partial charge in [-0.25, -0.2) is 4.39 Å². The van der Waals surface area contributed by atoms with Gasteiger partial charge in [-0.15, -0.1) is 0 Å². The first-order chi connectivity index (χ1) is 10.1. The first kappa shape index (κ1) is 16.0. The number of hydrogen-bond donors (Lipinski definition) is 2. The maximum Gasteiger partial charge on any atom is 0.128 e. The molecule has 2 aromatic rings. The summed E-state index contributed by atoms with van der Waals surface area (Å²) in [5.74, 6) is -0.369. The SMILES string of the molecule is CCC(NCc1ccc(F)c(CO)c1)c1ccc(Cl)cc1. The van der Waals surface area contributed by atoms with Crippen LogP contribution in [-0.2, 0) is 13.2 Å². The molecule has 2 N–H and O–H groups in total. The van der Waals surface area contributed by atoms with Gasteiger partial charge in [0.25, 0.3) is 0 Å². The van der Waals surface area contributed by atoms with Crippen molar-refractivity contribution in [3.8, 4) is 0 Å². The predicted molar refractivity (Wildman–Crippen MR) is 83.6 cm³/mol. The van der Waals surface area contributed by atoms with Crippen LogP contribution < -0.4 is 5.32 Å². The van der Waals surface area contributed by atoms with Gasteiger partial charge in [0.2, 0.25) is 0 Å². The Morgan fingerprint density at radius 3 is 2.52 bits per heavy atom. The zero-order chi connectivity index (χ0) is 15.2. The van der Waals surface area contributed by atoms with Crippen molar-refractivity contribution < 1.29 is 9.50 Å². The number of hydrogen-bond acceptors (Lipinski definition) is 2. The van der Waals surface area contributed by atoms with Gasteiger partial charge in [-0.2, -0.15) is 0 Å². The summed E-state index contributed by atoms with van der Waals surface area (Å²) in [5, 5.41) is 13.3. The molecule has 0 fully saturated rings. The van der Waals surface area contributed by atoms with Crippen LogP contribution in [0.1, 0.15) is 36.1 Å². The summed E-state index contributed by atoms with van der Waals surface area (Å²) in [6.45, 7) is 2.44. The minimum atomic E-state index is -0.369. The highest BCUT2D eigenvalue weighted by Gasteiger charge is 2.09. The Kier molecular flexibility index (Phi) is 5.74. The molecule has 0 saturated carbocycles. The monoisotopic (exact) mass is 307 g/mol. The van der Waals surface area contributed by atoms with Gasteiger partial charge in [-0.1, -0.05) is 36.7 Å². The highest BCUT2D eigenvalue weighted by Crippen LogP contribution is 2.20. The molecule has 2 rings (SSSR count). The lowest BCUT2D eigenvalue weighted by Gasteiger charge is -2.18. The molecule has 2 aromatic carbocycles. The second kappa shape index (κ2) is 7.55. The fourth-order valence-corrected chi connectivity index (χ4v) is 2.42. The molecule has 0 aromatic heterocycles. The quantitative estimate of drug-likeness (QED) is 0.838. The Morgan fingerprint density at radius 1 is 1.19 bits per heavy atom. The summed E-state index contributed by atoms with van der Waals surface area (Å²) < 4.78 is 13.3. The fraction of sp³-hybridized carbons (Fsp3) is 0.294. The van der Waals surface area contributed by atoms with Crippen LogP contribution in [0.25, 0.3) is 0 Å². The Hall–Kier alpha value is -1.42. The molecule has 0 aliphatic heterocycles. The van der Waals surface area contributed by atoms with Crippen molar-refractivity contribution in [2.45, 2.75) is 32.5 Å². The number of nitrogens with one attached hydrogen (secondary N) is 1. The Balaban J connectivity index is 2.04. The fourth-order valence-electron chi connectivity index (χ4n) is 2.29. The van der Waals surface area contributed by atoms with Gasteiger partial charge in [-0.05, 0) is 41.8 Å². The Morgan fingerprint density at radius 2 is 1.90 bits per heavy atom. The molecule has 0 aliphatic carbocycles. The molecule has 0 bridgehead atoms. The summed E-state index contributed by atoms with van der Waals surface area (Å²) in [6.07, 6.45) is 0.940. The average Bonchev–Trinajstić information content (AvgIpc) is 2.51. The maximum atomic E-state index is 13.3. The van der Waals surface area contributed by atoms with E-state index in [9.17, 15) is 4.39 Å². The maximum absolute atomic E-state index is 13.3. The molecule has 0 aliphatic rings. The number of benzene rings is 2. The summed E-state index contributed by atoms with van der Waals surface area (Å²) in [5.41, 5.74) is 2.45. The number of halogens is 2. The normalized spacial score (nSPS) is 12.4. The molecule has 0 amide bonds. The predicted octanol–water partition coefficient (Wildman–Crippen LogP) is 4.21. The number of rotatable bonds is 6. The third kappa shape index (κ3) is 4.27. The van der Waals surface area contributed by atoms with Crippen molar-refractivity contribution in [1.82, 2.24) is 5.32 Å². The Bertz CT molecular complexity index is 586. The number of aliphatic hydroxyl groups excluding tert-OH is 1. The van der Waals surface area contributed by atoms with Gasteiger partial charge < -0.3 is 10.4 Å². The molecule has 4 heteroatoms. The topological polar surface area (TPSA) is 32.3 Å². The molecular weight excluding hydrogens is 289 g/mol. The summed E-state index contributed by atoms with van der Waals surface area (Å²) >= 11 is 5.90. The second-order valence-electron chi connectivity index (χ2n) is 4.98. The van der Waals surface area contributed by atoms with Crippen molar-refractivity contribution in [3.63, 3.8) is 0 Å². The van der Waals surface area contributed by atoms with Crippen molar-refractivity contribution >= 4 is 11.6 Å².